The van der Waals surface area contributed by atoms with E-state index in [1.54, 1.807) is 48.4 Å². The molecule has 182 valence electrons. The molecule has 1 heterocycles. The van der Waals surface area contributed by atoms with Gasteiger partial charge in [0.05, 0.1) is 13.0 Å². The van der Waals surface area contributed by atoms with Crippen molar-refractivity contribution in [1.82, 2.24) is 4.90 Å². The molecule has 3 aromatic carbocycles. The predicted molar refractivity (Wildman–Crippen MR) is 132 cm³/mol. The molecule has 4 rings (SSSR count). The lowest BCUT2D eigenvalue weighted by Crippen LogP contribution is -2.43. The Labute approximate surface area is 204 Å². The smallest absolute Gasteiger partial charge is 0.247 e. The molecule has 0 aliphatic carbocycles. The topological polar surface area (TPSA) is 67.9 Å². The predicted octanol–water partition coefficient (Wildman–Crippen LogP) is 5.05. The second-order valence-electron chi connectivity index (χ2n) is 8.67. The lowest BCUT2D eigenvalue weighted by molar-refractivity contribution is -0.137. The van der Waals surface area contributed by atoms with Crippen molar-refractivity contribution >= 4 is 17.5 Å². The van der Waals surface area contributed by atoms with Crippen LogP contribution in [-0.2, 0) is 20.7 Å². The number of carbonyl (C=O) groups is 2. The summed E-state index contributed by atoms with van der Waals surface area (Å²) in [7, 11) is 1.56. The van der Waals surface area contributed by atoms with Crippen molar-refractivity contribution in [1.29, 1.82) is 0 Å². The van der Waals surface area contributed by atoms with E-state index >= 15 is 0 Å². The lowest BCUT2D eigenvalue weighted by atomic mass is 9.96. The van der Waals surface area contributed by atoms with Crippen molar-refractivity contribution in [2.75, 3.05) is 25.6 Å². The van der Waals surface area contributed by atoms with Crippen LogP contribution < -0.4 is 10.1 Å². The van der Waals surface area contributed by atoms with Crippen LogP contribution in [0, 0.1) is 11.7 Å². The van der Waals surface area contributed by atoms with Crippen molar-refractivity contribution in [2.45, 2.75) is 25.3 Å². The first-order valence-corrected chi connectivity index (χ1v) is 11.7. The summed E-state index contributed by atoms with van der Waals surface area (Å²) in [5.41, 5.74) is 1.80. The maximum atomic E-state index is 13.2. The number of hydrogen-bond acceptors (Lipinski definition) is 4. The molecule has 0 aromatic heterocycles. The lowest BCUT2D eigenvalue weighted by Gasteiger charge is -2.24. The zero-order valence-corrected chi connectivity index (χ0v) is 19.7. The summed E-state index contributed by atoms with van der Waals surface area (Å²) in [5.74, 6) is 0.664. The molecule has 6 nitrogen and oxygen atoms in total. The zero-order valence-electron chi connectivity index (χ0n) is 19.7. The summed E-state index contributed by atoms with van der Waals surface area (Å²) in [6.07, 6.45) is 1.66. The Morgan fingerprint density at radius 2 is 1.63 bits per heavy atom. The number of ether oxygens (including phenoxy) is 2. The number of hydrogen-bond donors (Lipinski definition) is 1. The molecule has 0 radical (unpaired) electrons. The first kappa shape index (κ1) is 24.4. The van der Waals surface area contributed by atoms with Crippen molar-refractivity contribution in [3.05, 3.63) is 90.2 Å². The second kappa shape index (κ2) is 11.6. The van der Waals surface area contributed by atoms with Crippen LogP contribution in [0.25, 0.3) is 0 Å². The summed E-state index contributed by atoms with van der Waals surface area (Å²) in [5, 5.41) is 2.94. The standard InChI is InChI=1S/C28H29FN2O4/c1-34-16-15-27(32)31-19-21(17-20-5-3-2-4-6-20)18-26(31)28(33)30-23-9-13-25(14-10-23)35-24-11-7-22(29)8-12-24/h2-14,21,26H,15-19H2,1H3,(H,30,33)/t21-,26+/m1/s1. The average molecular weight is 477 g/mol. The summed E-state index contributed by atoms with van der Waals surface area (Å²) >= 11 is 0. The summed E-state index contributed by atoms with van der Waals surface area (Å²) in [4.78, 5) is 27.7. The van der Waals surface area contributed by atoms with E-state index < -0.39 is 6.04 Å². The van der Waals surface area contributed by atoms with E-state index in [0.717, 1.165) is 6.42 Å². The Morgan fingerprint density at radius 3 is 2.29 bits per heavy atom. The van der Waals surface area contributed by atoms with Gasteiger partial charge in [-0.15, -0.1) is 0 Å². The Balaban J connectivity index is 1.41. The van der Waals surface area contributed by atoms with Crippen LogP contribution in [0.1, 0.15) is 18.4 Å². The van der Waals surface area contributed by atoms with Crippen LogP contribution in [0.2, 0.25) is 0 Å². The van der Waals surface area contributed by atoms with Gasteiger partial charge in [0.15, 0.2) is 0 Å². The first-order chi connectivity index (χ1) is 17.0. The Bertz CT molecular complexity index is 1120. The molecule has 0 spiro atoms. The number of likely N-dealkylation sites (tertiary alicyclic amines) is 1. The Kier molecular flexibility index (Phi) is 8.11. The molecule has 1 N–H and O–H groups in total. The highest BCUT2D eigenvalue weighted by Crippen LogP contribution is 2.29. The third kappa shape index (κ3) is 6.67. The van der Waals surface area contributed by atoms with Crippen LogP contribution in [0.5, 0.6) is 11.5 Å². The molecule has 1 fully saturated rings. The van der Waals surface area contributed by atoms with E-state index in [2.05, 4.69) is 17.4 Å². The quantitative estimate of drug-likeness (QED) is 0.469. The minimum atomic E-state index is -0.539. The molecule has 0 bridgehead atoms. The van der Waals surface area contributed by atoms with E-state index in [-0.39, 0.29) is 30.0 Å². The highest BCUT2D eigenvalue weighted by molar-refractivity contribution is 5.97. The zero-order chi connectivity index (χ0) is 24.6. The number of benzene rings is 3. The van der Waals surface area contributed by atoms with Gasteiger partial charge >= 0.3 is 0 Å². The highest BCUT2D eigenvalue weighted by Gasteiger charge is 2.39. The monoisotopic (exact) mass is 476 g/mol. The summed E-state index contributed by atoms with van der Waals surface area (Å²) < 4.78 is 23.8. The molecular weight excluding hydrogens is 447 g/mol. The number of rotatable bonds is 9. The van der Waals surface area contributed by atoms with Gasteiger partial charge in [-0.1, -0.05) is 30.3 Å². The van der Waals surface area contributed by atoms with Gasteiger partial charge in [0, 0.05) is 19.3 Å². The SMILES string of the molecule is COCCC(=O)N1C[C@H](Cc2ccccc2)C[C@H]1C(=O)Nc1ccc(Oc2ccc(F)cc2)cc1. The van der Waals surface area contributed by atoms with Crippen molar-refractivity contribution in [3.63, 3.8) is 0 Å². The number of methoxy groups -OCH3 is 1. The Hall–Kier alpha value is -3.71. The van der Waals surface area contributed by atoms with Crippen LogP contribution in [0.3, 0.4) is 0 Å². The molecule has 7 heteroatoms. The molecule has 3 aromatic rings. The average Bonchev–Trinajstić information content (AvgIpc) is 3.30. The summed E-state index contributed by atoms with van der Waals surface area (Å²) in [6, 6.07) is 22.3. The van der Waals surface area contributed by atoms with Gasteiger partial charge in [-0.05, 0) is 72.9 Å². The third-order valence-corrected chi connectivity index (χ3v) is 6.07. The van der Waals surface area contributed by atoms with Crippen molar-refractivity contribution in [2.24, 2.45) is 5.92 Å². The fourth-order valence-corrected chi connectivity index (χ4v) is 4.35. The van der Waals surface area contributed by atoms with E-state index in [1.165, 1.54) is 17.7 Å². The van der Waals surface area contributed by atoms with Crippen LogP contribution in [-0.4, -0.2) is 43.0 Å². The van der Waals surface area contributed by atoms with E-state index in [9.17, 15) is 14.0 Å². The molecule has 2 atom stereocenters. The minimum absolute atomic E-state index is 0.0781. The fourth-order valence-electron chi connectivity index (χ4n) is 4.35. The van der Waals surface area contributed by atoms with Gasteiger partial charge in [-0.2, -0.15) is 0 Å². The molecule has 2 amide bonds. The largest absolute Gasteiger partial charge is 0.457 e. The Morgan fingerprint density at radius 1 is 0.971 bits per heavy atom. The van der Waals surface area contributed by atoms with Gasteiger partial charge < -0.3 is 19.7 Å². The number of halogens is 1. The second-order valence-corrected chi connectivity index (χ2v) is 8.67. The van der Waals surface area contributed by atoms with Gasteiger partial charge in [-0.3, -0.25) is 9.59 Å². The summed E-state index contributed by atoms with van der Waals surface area (Å²) in [6.45, 7) is 0.864. The molecule has 1 saturated heterocycles. The molecular formula is C28H29FN2O4. The molecule has 0 saturated carbocycles. The van der Waals surface area contributed by atoms with Gasteiger partial charge in [-0.25, -0.2) is 4.39 Å². The maximum absolute atomic E-state index is 13.2. The molecule has 1 aliphatic rings. The highest BCUT2D eigenvalue weighted by atomic mass is 19.1. The normalized spacial score (nSPS) is 17.3. The number of nitrogens with zero attached hydrogens (tertiary/aromatic N) is 1. The van der Waals surface area contributed by atoms with Crippen molar-refractivity contribution in [3.8, 4) is 11.5 Å². The fraction of sp³-hybridized carbons (Fsp3) is 0.286. The van der Waals surface area contributed by atoms with Gasteiger partial charge in [0.2, 0.25) is 11.8 Å². The number of anilines is 1. The number of nitrogens with one attached hydrogen (secondary N) is 1. The maximum Gasteiger partial charge on any atom is 0.247 e. The van der Waals surface area contributed by atoms with E-state index in [4.69, 9.17) is 9.47 Å². The molecule has 0 unspecified atom stereocenters. The third-order valence-electron chi connectivity index (χ3n) is 6.07. The van der Waals surface area contributed by atoms with E-state index in [0.29, 0.717) is 36.8 Å². The first-order valence-electron chi connectivity index (χ1n) is 11.7. The molecule has 1 aliphatic heterocycles. The number of amides is 2. The molecule has 35 heavy (non-hydrogen) atoms. The van der Waals surface area contributed by atoms with Crippen molar-refractivity contribution < 1.29 is 23.5 Å². The van der Waals surface area contributed by atoms with E-state index in [1.807, 2.05) is 18.2 Å². The number of carbonyl (C=O) groups excluding carboxylic acids is 2. The van der Waals surface area contributed by atoms with Crippen LogP contribution in [0.15, 0.2) is 78.9 Å². The van der Waals surface area contributed by atoms with Crippen LogP contribution in [0.4, 0.5) is 10.1 Å². The van der Waals surface area contributed by atoms with Crippen LogP contribution >= 0.6 is 0 Å². The minimum Gasteiger partial charge on any atom is -0.457 e. The van der Waals surface area contributed by atoms with Gasteiger partial charge in [0.1, 0.15) is 23.4 Å². The van der Waals surface area contributed by atoms with Gasteiger partial charge in [0.25, 0.3) is 0 Å².